The van der Waals surface area contributed by atoms with Crippen LogP contribution in [0.25, 0.3) is 10.9 Å². The first-order valence-corrected chi connectivity index (χ1v) is 7.88. The summed E-state index contributed by atoms with van der Waals surface area (Å²) in [6.45, 7) is 1.45. The lowest BCUT2D eigenvalue weighted by Gasteiger charge is -2.22. The van der Waals surface area contributed by atoms with E-state index in [1.54, 1.807) is 7.11 Å². The number of benzene rings is 1. The van der Waals surface area contributed by atoms with Crippen molar-refractivity contribution in [2.24, 2.45) is 0 Å². The number of pyridine rings is 1. The molecule has 124 valence electrons. The molecular weight excluding hydrogens is 297 g/mol. The molecule has 0 saturated carbocycles. The van der Waals surface area contributed by atoms with Crippen LogP contribution in [0, 0.1) is 0 Å². The second-order valence-corrected chi connectivity index (χ2v) is 5.99. The van der Waals surface area contributed by atoms with Gasteiger partial charge in [-0.1, -0.05) is 0 Å². The molecule has 2 heterocycles. The van der Waals surface area contributed by atoms with Gasteiger partial charge in [0.2, 0.25) is 0 Å². The monoisotopic (exact) mass is 319 g/mol. The van der Waals surface area contributed by atoms with Crippen LogP contribution in [-0.2, 0) is 13.0 Å². The normalized spacial score (nSPS) is 13.9. The number of alkyl halides is 1. The molecule has 0 bridgehead atoms. The largest absolute Gasteiger partial charge is 0.496 e. The molecule has 23 heavy (non-hydrogen) atoms. The summed E-state index contributed by atoms with van der Waals surface area (Å²) in [6, 6.07) is 3.91. The van der Waals surface area contributed by atoms with Crippen LogP contribution >= 0.6 is 0 Å². The van der Waals surface area contributed by atoms with Gasteiger partial charge in [0.05, 0.1) is 23.7 Å². The maximum absolute atomic E-state index is 12.5. The number of rotatable bonds is 5. The van der Waals surface area contributed by atoms with Crippen molar-refractivity contribution in [2.45, 2.75) is 19.4 Å². The summed E-state index contributed by atoms with van der Waals surface area (Å²) >= 11 is 0. The number of H-pyrrole nitrogens is 1. The van der Waals surface area contributed by atoms with Crippen molar-refractivity contribution < 1.29 is 9.13 Å². The summed E-state index contributed by atoms with van der Waals surface area (Å²) < 4.78 is 18.0. The van der Waals surface area contributed by atoms with E-state index in [2.05, 4.69) is 10.3 Å². The Morgan fingerprint density at radius 3 is 2.96 bits per heavy atom. The number of aromatic nitrogens is 1. The van der Waals surface area contributed by atoms with Crippen LogP contribution in [0.1, 0.15) is 17.5 Å². The zero-order chi connectivity index (χ0) is 16.4. The second kappa shape index (κ2) is 6.58. The topological polar surface area (TPSA) is 57.4 Å². The number of ether oxygens (including phenoxy) is 1. The van der Waals surface area contributed by atoms with E-state index in [1.807, 2.05) is 24.1 Å². The van der Waals surface area contributed by atoms with E-state index in [-0.39, 0.29) is 12.2 Å². The Morgan fingerprint density at radius 2 is 2.22 bits per heavy atom. The molecule has 5 nitrogen and oxygen atoms in total. The van der Waals surface area contributed by atoms with Crippen molar-refractivity contribution >= 4 is 16.6 Å². The highest BCUT2D eigenvalue weighted by molar-refractivity contribution is 5.98. The minimum Gasteiger partial charge on any atom is -0.496 e. The fraction of sp³-hybridized carbons (Fsp3) is 0.471. The zero-order valence-electron chi connectivity index (χ0n) is 13.5. The first-order chi connectivity index (χ1) is 11.1. The number of anilines is 1. The van der Waals surface area contributed by atoms with Gasteiger partial charge in [-0.15, -0.1) is 0 Å². The standard InChI is InChI=1S/C17H22FN3O2/c1-21(7-5-18)10-11-8-13-15(14(9-11)23-2)16-12(17(22)20-13)4-3-6-19-16/h8-9,19H,3-7,10H2,1-2H3,(H,20,22). The van der Waals surface area contributed by atoms with Gasteiger partial charge in [0.25, 0.3) is 5.56 Å². The molecule has 1 aromatic carbocycles. The quantitative estimate of drug-likeness (QED) is 0.888. The molecule has 6 heteroatoms. The third-order valence-corrected chi connectivity index (χ3v) is 4.28. The van der Waals surface area contributed by atoms with Gasteiger partial charge in [-0.2, -0.15) is 0 Å². The van der Waals surface area contributed by atoms with E-state index in [0.717, 1.165) is 52.9 Å². The molecule has 0 aliphatic carbocycles. The summed E-state index contributed by atoms with van der Waals surface area (Å²) in [6.07, 6.45) is 1.73. The Bertz CT molecular complexity index is 773. The molecule has 0 saturated heterocycles. The highest BCUT2D eigenvalue weighted by Crippen LogP contribution is 2.35. The van der Waals surface area contributed by atoms with Crippen molar-refractivity contribution in [3.05, 3.63) is 33.6 Å². The van der Waals surface area contributed by atoms with Gasteiger partial charge < -0.3 is 15.0 Å². The van der Waals surface area contributed by atoms with Gasteiger partial charge in [0.1, 0.15) is 12.4 Å². The number of aromatic amines is 1. The molecule has 0 spiro atoms. The van der Waals surface area contributed by atoms with Crippen molar-refractivity contribution in [1.82, 2.24) is 9.88 Å². The van der Waals surface area contributed by atoms with E-state index in [9.17, 15) is 9.18 Å². The third kappa shape index (κ3) is 3.03. The van der Waals surface area contributed by atoms with Gasteiger partial charge >= 0.3 is 0 Å². The van der Waals surface area contributed by atoms with Gasteiger partial charge in [-0.05, 0) is 37.6 Å². The lowest BCUT2D eigenvalue weighted by atomic mass is 9.99. The Balaban J connectivity index is 2.13. The predicted octanol–water partition coefficient (Wildman–Crippen LogP) is 2.30. The number of halogens is 1. The Kier molecular flexibility index (Phi) is 4.52. The lowest BCUT2D eigenvalue weighted by Crippen LogP contribution is -2.23. The van der Waals surface area contributed by atoms with E-state index in [1.165, 1.54) is 0 Å². The predicted molar refractivity (Wildman–Crippen MR) is 90.2 cm³/mol. The molecule has 0 radical (unpaired) electrons. The lowest BCUT2D eigenvalue weighted by molar-refractivity contribution is 0.288. The minimum absolute atomic E-state index is 0.0454. The number of hydrogen-bond acceptors (Lipinski definition) is 4. The number of hydrogen-bond donors (Lipinski definition) is 2. The van der Waals surface area contributed by atoms with E-state index < -0.39 is 0 Å². The second-order valence-electron chi connectivity index (χ2n) is 5.99. The van der Waals surface area contributed by atoms with Crippen LogP contribution in [0.4, 0.5) is 10.1 Å². The molecule has 0 atom stereocenters. The van der Waals surface area contributed by atoms with Crippen LogP contribution < -0.4 is 15.6 Å². The van der Waals surface area contributed by atoms with Gasteiger partial charge in [0, 0.05) is 25.2 Å². The number of nitrogens with zero attached hydrogens (tertiary/aromatic N) is 1. The van der Waals surface area contributed by atoms with Crippen molar-refractivity contribution in [3.8, 4) is 5.75 Å². The first kappa shape index (κ1) is 15.8. The number of nitrogens with one attached hydrogen (secondary N) is 2. The molecule has 0 fully saturated rings. The SMILES string of the molecule is COc1cc(CN(C)CCF)cc2[nH]c(=O)c3c(c12)NCCC3. The average molecular weight is 319 g/mol. The van der Waals surface area contributed by atoms with Crippen LogP contribution in [0.3, 0.4) is 0 Å². The summed E-state index contributed by atoms with van der Waals surface area (Å²) in [4.78, 5) is 17.2. The van der Waals surface area contributed by atoms with Gasteiger partial charge in [-0.25, -0.2) is 4.39 Å². The number of fused-ring (bicyclic) bond motifs is 3. The van der Waals surface area contributed by atoms with Gasteiger partial charge in [0.15, 0.2) is 0 Å². The molecule has 2 N–H and O–H groups in total. The maximum atomic E-state index is 12.5. The molecule has 1 aromatic heterocycles. The maximum Gasteiger partial charge on any atom is 0.253 e. The summed E-state index contributed by atoms with van der Waals surface area (Å²) in [7, 11) is 3.50. The number of methoxy groups -OCH3 is 1. The molecule has 1 aliphatic rings. The Morgan fingerprint density at radius 1 is 1.39 bits per heavy atom. The van der Waals surface area contributed by atoms with E-state index >= 15 is 0 Å². The highest BCUT2D eigenvalue weighted by Gasteiger charge is 2.19. The third-order valence-electron chi connectivity index (χ3n) is 4.28. The van der Waals surface area contributed by atoms with E-state index in [0.29, 0.717) is 13.1 Å². The molecule has 0 unspecified atom stereocenters. The summed E-state index contributed by atoms with van der Waals surface area (Å²) in [5, 5.41) is 4.26. The zero-order valence-corrected chi connectivity index (χ0v) is 13.5. The van der Waals surface area contributed by atoms with Crippen LogP contribution in [0.15, 0.2) is 16.9 Å². The fourth-order valence-corrected chi connectivity index (χ4v) is 3.19. The fourth-order valence-electron chi connectivity index (χ4n) is 3.19. The van der Waals surface area contributed by atoms with Crippen LogP contribution in [0.2, 0.25) is 0 Å². The minimum atomic E-state index is -0.379. The molecule has 1 aliphatic heterocycles. The molecule has 0 amide bonds. The average Bonchev–Trinajstić information content (AvgIpc) is 2.54. The van der Waals surface area contributed by atoms with Crippen LogP contribution in [-0.4, -0.2) is 43.8 Å². The highest BCUT2D eigenvalue weighted by atomic mass is 19.1. The summed E-state index contributed by atoms with van der Waals surface area (Å²) in [5.74, 6) is 0.730. The molecule has 3 rings (SSSR count). The van der Waals surface area contributed by atoms with E-state index in [4.69, 9.17) is 4.74 Å². The van der Waals surface area contributed by atoms with Crippen LogP contribution in [0.5, 0.6) is 5.75 Å². The van der Waals surface area contributed by atoms with Crippen molar-refractivity contribution in [3.63, 3.8) is 0 Å². The van der Waals surface area contributed by atoms with Crippen molar-refractivity contribution in [1.29, 1.82) is 0 Å². The smallest absolute Gasteiger partial charge is 0.253 e. The first-order valence-electron chi connectivity index (χ1n) is 7.88. The van der Waals surface area contributed by atoms with Crippen molar-refractivity contribution in [2.75, 3.05) is 39.2 Å². The molecular formula is C17H22FN3O2. The Hall–Kier alpha value is -2.08. The van der Waals surface area contributed by atoms with Gasteiger partial charge in [-0.3, -0.25) is 9.69 Å². The summed E-state index contributed by atoms with van der Waals surface area (Å²) in [5.41, 5.74) is 3.37. The Labute approximate surface area is 134 Å². The molecule has 2 aromatic rings.